The predicted octanol–water partition coefficient (Wildman–Crippen LogP) is 2.84. The van der Waals surface area contributed by atoms with Crippen LogP contribution in [0.3, 0.4) is 0 Å². The Bertz CT molecular complexity index is 1250. The van der Waals surface area contributed by atoms with Crippen molar-refractivity contribution in [1.29, 1.82) is 0 Å². The Labute approximate surface area is 197 Å². The third-order valence-electron chi connectivity index (χ3n) is 6.24. The molecule has 3 aromatic rings. The number of hydrogen-bond acceptors (Lipinski definition) is 7. The number of hydrogen-bond donors (Lipinski definition) is 1. The maximum atomic E-state index is 13.2. The molecule has 9 heteroatoms. The van der Waals surface area contributed by atoms with Gasteiger partial charge < -0.3 is 24.2 Å². The van der Waals surface area contributed by atoms with Gasteiger partial charge in [-0.05, 0) is 48.2 Å². The third kappa shape index (κ3) is 4.21. The summed E-state index contributed by atoms with van der Waals surface area (Å²) in [5, 5.41) is 6.76. The molecule has 2 aromatic heterocycles. The van der Waals surface area contributed by atoms with E-state index in [0.717, 1.165) is 22.4 Å². The number of carbonyl (C=O) groups excluding carboxylic acids is 2. The van der Waals surface area contributed by atoms with Gasteiger partial charge in [0.05, 0.1) is 0 Å². The third-order valence-corrected chi connectivity index (χ3v) is 6.24. The van der Waals surface area contributed by atoms with Crippen LogP contribution in [0.25, 0.3) is 0 Å². The number of ether oxygens (including phenoxy) is 2. The number of carbonyl (C=O) groups is 2. The Morgan fingerprint density at radius 3 is 2.76 bits per heavy atom. The lowest BCUT2D eigenvalue weighted by Crippen LogP contribution is -2.37. The molecule has 9 nitrogen and oxygen atoms in total. The van der Waals surface area contributed by atoms with Gasteiger partial charge in [-0.2, -0.15) is 0 Å². The van der Waals surface area contributed by atoms with Crippen molar-refractivity contribution in [3.8, 4) is 11.5 Å². The summed E-state index contributed by atoms with van der Waals surface area (Å²) in [7, 11) is 0. The molecule has 0 spiro atoms. The fraction of sp³-hybridized carbons (Fsp3) is 0.360. The summed E-state index contributed by atoms with van der Waals surface area (Å²) >= 11 is 0. The second kappa shape index (κ2) is 9.17. The van der Waals surface area contributed by atoms with Crippen molar-refractivity contribution in [3.63, 3.8) is 0 Å². The largest absolute Gasteiger partial charge is 0.486 e. The molecule has 2 aliphatic rings. The quantitative estimate of drug-likeness (QED) is 0.621. The Morgan fingerprint density at radius 1 is 1.15 bits per heavy atom. The Morgan fingerprint density at radius 2 is 1.97 bits per heavy atom. The van der Waals surface area contributed by atoms with Gasteiger partial charge in [-0.3, -0.25) is 14.6 Å². The molecule has 1 N–H and O–H groups in total. The van der Waals surface area contributed by atoms with E-state index >= 15 is 0 Å². The van der Waals surface area contributed by atoms with Gasteiger partial charge in [-0.1, -0.05) is 12.1 Å². The molecule has 1 aromatic carbocycles. The summed E-state index contributed by atoms with van der Waals surface area (Å²) in [5.74, 6) is 1.59. The molecular weight excluding hydrogens is 436 g/mol. The highest BCUT2D eigenvalue weighted by Gasteiger charge is 2.26. The zero-order valence-corrected chi connectivity index (χ0v) is 19.2. The SMILES string of the molecule is CCc1cc(C(=O)NCc2c(C)ncc3c2CCN(C(=O)c2ccc4c(c2)OCCO4)C3)no1. The minimum absolute atomic E-state index is 0.0594. The molecule has 2 aliphatic heterocycles. The molecular formula is C25H26N4O5. The number of fused-ring (bicyclic) bond motifs is 2. The molecule has 176 valence electrons. The molecule has 5 rings (SSSR count). The van der Waals surface area contributed by atoms with Gasteiger partial charge >= 0.3 is 0 Å². The number of amides is 2. The molecule has 34 heavy (non-hydrogen) atoms. The van der Waals surface area contributed by atoms with E-state index in [1.54, 1.807) is 24.3 Å². The van der Waals surface area contributed by atoms with Gasteiger partial charge in [-0.25, -0.2) is 0 Å². The number of rotatable bonds is 5. The van der Waals surface area contributed by atoms with Crippen LogP contribution in [0.4, 0.5) is 0 Å². The van der Waals surface area contributed by atoms with E-state index in [4.69, 9.17) is 14.0 Å². The van der Waals surface area contributed by atoms with Gasteiger partial charge in [0.2, 0.25) is 0 Å². The average molecular weight is 463 g/mol. The standard InChI is InChI=1S/C25H26N4O5/c1-3-18-11-21(28-34-18)24(30)27-13-20-15(2)26-12-17-14-29(7-6-19(17)20)25(31)16-4-5-22-23(10-16)33-9-8-32-22/h4-5,10-12H,3,6-9,13-14H2,1-2H3,(H,27,30). The Balaban J connectivity index is 1.30. The lowest BCUT2D eigenvalue weighted by Gasteiger charge is -2.31. The van der Waals surface area contributed by atoms with Gasteiger partial charge in [-0.15, -0.1) is 0 Å². The van der Waals surface area contributed by atoms with E-state index in [9.17, 15) is 9.59 Å². The van der Waals surface area contributed by atoms with Crippen molar-refractivity contribution in [2.45, 2.75) is 39.8 Å². The van der Waals surface area contributed by atoms with Crippen molar-refractivity contribution < 1.29 is 23.6 Å². The van der Waals surface area contributed by atoms with Crippen LogP contribution in [-0.4, -0.2) is 46.6 Å². The first-order valence-electron chi connectivity index (χ1n) is 11.4. The van der Waals surface area contributed by atoms with Crippen LogP contribution in [0, 0.1) is 6.92 Å². The molecule has 0 aliphatic carbocycles. The monoisotopic (exact) mass is 462 g/mol. The number of aromatic nitrogens is 2. The first-order chi connectivity index (χ1) is 16.5. The average Bonchev–Trinajstić information content (AvgIpc) is 3.36. The minimum Gasteiger partial charge on any atom is -0.486 e. The highest BCUT2D eigenvalue weighted by Crippen LogP contribution is 2.32. The fourth-order valence-electron chi connectivity index (χ4n) is 4.33. The van der Waals surface area contributed by atoms with Crippen molar-refractivity contribution in [2.75, 3.05) is 19.8 Å². The van der Waals surface area contributed by atoms with Crippen LogP contribution in [0.15, 0.2) is 35.0 Å². The Kier molecular flexibility index (Phi) is 5.91. The summed E-state index contributed by atoms with van der Waals surface area (Å²) in [4.78, 5) is 32.0. The summed E-state index contributed by atoms with van der Waals surface area (Å²) in [6, 6.07) is 6.95. The summed E-state index contributed by atoms with van der Waals surface area (Å²) in [5.41, 5.74) is 4.80. The number of nitrogens with zero attached hydrogens (tertiary/aromatic N) is 3. The molecule has 2 amide bonds. The van der Waals surface area contributed by atoms with Crippen LogP contribution in [0.2, 0.25) is 0 Å². The topological polar surface area (TPSA) is 107 Å². The van der Waals surface area contributed by atoms with E-state index in [0.29, 0.717) is 68.5 Å². The first-order valence-corrected chi connectivity index (χ1v) is 11.4. The maximum absolute atomic E-state index is 13.2. The minimum atomic E-state index is -0.285. The lowest BCUT2D eigenvalue weighted by molar-refractivity contribution is 0.0733. The molecule has 0 unspecified atom stereocenters. The van der Waals surface area contributed by atoms with Gasteiger partial charge in [0.1, 0.15) is 19.0 Å². The van der Waals surface area contributed by atoms with E-state index in [2.05, 4.69) is 15.5 Å². The highest BCUT2D eigenvalue weighted by molar-refractivity contribution is 5.95. The molecule has 0 saturated heterocycles. The van der Waals surface area contributed by atoms with E-state index < -0.39 is 0 Å². The molecule has 0 radical (unpaired) electrons. The number of pyridine rings is 1. The molecule has 0 bridgehead atoms. The second-order valence-electron chi connectivity index (χ2n) is 8.38. The molecule has 4 heterocycles. The predicted molar refractivity (Wildman–Crippen MR) is 122 cm³/mol. The Hall–Kier alpha value is -3.88. The zero-order chi connectivity index (χ0) is 23.7. The summed E-state index contributed by atoms with van der Waals surface area (Å²) < 4.78 is 16.3. The molecule has 0 saturated carbocycles. The molecule has 0 fully saturated rings. The smallest absolute Gasteiger partial charge is 0.273 e. The summed E-state index contributed by atoms with van der Waals surface area (Å²) in [6.07, 6.45) is 3.19. The number of nitrogens with one attached hydrogen (secondary N) is 1. The van der Waals surface area contributed by atoms with Gasteiger partial charge in [0.15, 0.2) is 17.2 Å². The van der Waals surface area contributed by atoms with E-state index in [1.165, 1.54) is 0 Å². The van der Waals surface area contributed by atoms with Crippen LogP contribution in [0.5, 0.6) is 11.5 Å². The van der Waals surface area contributed by atoms with Crippen molar-refractivity contribution in [1.82, 2.24) is 20.4 Å². The molecule has 0 atom stereocenters. The lowest BCUT2D eigenvalue weighted by atomic mass is 9.94. The fourth-order valence-corrected chi connectivity index (χ4v) is 4.33. The van der Waals surface area contributed by atoms with E-state index in [-0.39, 0.29) is 17.5 Å². The van der Waals surface area contributed by atoms with Crippen molar-refractivity contribution in [2.24, 2.45) is 0 Å². The number of aryl methyl sites for hydroxylation is 2. The van der Waals surface area contributed by atoms with Crippen LogP contribution < -0.4 is 14.8 Å². The number of benzene rings is 1. The zero-order valence-electron chi connectivity index (χ0n) is 19.2. The summed E-state index contributed by atoms with van der Waals surface area (Å²) in [6.45, 7) is 6.23. The maximum Gasteiger partial charge on any atom is 0.273 e. The highest BCUT2D eigenvalue weighted by atomic mass is 16.6. The van der Waals surface area contributed by atoms with Crippen molar-refractivity contribution >= 4 is 11.8 Å². The van der Waals surface area contributed by atoms with E-state index in [1.807, 2.05) is 24.9 Å². The van der Waals surface area contributed by atoms with Gasteiger partial charge in [0, 0.05) is 49.6 Å². The van der Waals surface area contributed by atoms with Gasteiger partial charge in [0.25, 0.3) is 11.8 Å². The second-order valence-corrected chi connectivity index (χ2v) is 8.38. The normalized spacial score (nSPS) is 14.5. The van der Waals surface area contributed by atoms with Crippen LogP contribution in [0.1, 0.15) is 55.9 Å². The van der Waals surface area contributed by atoms with Crippen LogP contribution in [-0.2, 0) is 25.9 Å². The van der Waals surface area contributed by atoms with Crippen LogP contribution >= 0.6 is 0 Å². The first kappa shape index (κ1) is 21.9. The van der Waals surface area contributed by atoms with Crippen molar-refractivity contribution in [3.05, 3.63) is 69.9 Å².